The molecule has 3 aromatic rings. The largest absolute Gasteiger partial charge is 0.497 e. The Kier molecular flexibility index (Phi) is 5.16. The molecular weight excluding hydrogens is 358 g/mol. The number of amides is 1. The fourth-order valence-corrected chi connectivity index (χ4v) is 3.86. The monoisotopic (exact) mass is 375 g/mol. The van der Waals surface area contributed by atoms with E-state index in [1.54, 1.807) is 14.2 Å². The van der Waals surface area contributed by atoms with Crippen LogP contribution in [0.15, 0.2) is 42.5 Å². The minimum Gasteiger partial charge on any atom is -0.497 e. The molecule has 4 nitrogen and oxygen atoms in total. The zero-order valence-corrected chi connectivity index (χ0v) is 15.7. The summed E-state index contributed by atoms with van der Waals surface area (Å²) in [5, 5.41) is 4.48. The SMILES string of the molecule is COc1ccc([C@@H](C)NC(=O)c2sc3ccc(Cl)cc3c2OC)cc1. The van der Waals surface area contributed by atoms with Crippen LogP contribution in [0.5, 0.6) is 11.5 Å². The minimum atomic E-state index is -0.169. The van der Waals surface area contributed by atoms with Gasteiger partial charge >= 0.3 is 0 Å². The Bertz CT molecular complexity index is 905. The van der Waals surface area contributed by atoms with Crippen molar-refractivity contribution in [2.24, 2.45) is 0 Å². The van der Waals surface area contributed by atoms with Crippen LogP contribution < -0.4 is 14.8 Å². The van der Waals surface area contributed by atoms with Crippen molar-refractivity contribution in [2.45, 2.75) is 13.0 Å². The van der Waals surface area contributed by atoms with E-state index in [0.29, 0.717) is 15.6 Å². The Morgan fingerprint density at radius 1 is 1.12 bits per heavy atom. The minimum absolute atomic E-state index is 0.142. The second-order valence-electron chi connectivity index (χ2n) is 5.57. The number of benzene rings is 2. The van der Waals surface area contributed by atoms with Crippen LogP contribution in [-0.4, -0.2) is 20.1 Å². The molecule has 1 amide bonds. The lowest BCUT2D eigenvalue weighted by molar-refractivity contribution is 0.0941. The Labute approximate surface area is 155 Å². The molecule has 0 spiro atoms. The lowest BCUT2D eigenvalue weighted by Gasteiger charge is -2.14. The number of methoxy groups -OCH3 is 2. The first kappa shape index (κ1) is 17.6. The average molecular weight is 376 g/mol. The molecular formula is C19H18ClNO3S. The van der Waals surface area contributed by atoms with E-state index in [-0.39, 0.29) is 11.9 Å². The number of ether oxygens (including phenoxy) is 2. The van der Waals surface area contributed by atoms with E-state index < -0.39 is 0 Å². The molecule has 1 heterocycles. The molecule has 0 fully saturated rings. The highest BCUT2D eigenvalue weighted by Crippen LogP contribution is 2.39. The van der Waals surface area contributed by atoms with Gasteiger partial charge < -0.3 is 14.8 Å². The van der Waals surface area contributed by atoms with Crippen molar-refractivity contribution in [1.82, 2.24) is 5.32 Å². The van der Waals surface area contributed by atoms with Crippen molar-refractivity contribution in [3.05, 3.63) is 57.9 Å². The third kappa shape index (κ3) is 3.57. The van der Waals surface area contributed by atoms with Gasteiger partial charge in [0.05, 0.1) is 20.3 Å². The zero-order chi connectivity index (χ0) is 18.0. The highest BCUT2D eigenvalue weighted by molar-refractivity contribution is 7.21. The molecule has 1 atom stereocenters. The van der Waals surface area contributed by atoms with Crippen LogP contribution in [0.25, 0.3) is 10.1 Å². The summed E-state index contributed by atoms with van der Waals surface area (Å²) < 4.78 is 11.6. The van der Waals surface area contributed by atoms with Gasteiger partial charge in [0.1, 0.15) is 16.4 Å². The van der Waals surface area contributed by atoms with Gasteiger partial charge in [0, 0.05) is 15.1 Å². The molecule has 0 saturated carbocycles. The van der Waals surface area contributed by atoms with Gasteiger partial charge in [0.15, 0.2) is 0 Å². The van der Waals surface area contributed by atoms with E-state index in [1.165, 1.54) is 11.3 Å². The number of carbonyl (C=O) groups is 1. The molecule has 0 unspecified atom stereocenters. The van der Waals surface area contributed by atoms with Crippen LogP contribution >= 0.6 is 22.9 Å². The maximum absolute atomic E-state index is 12.7. The normalized spacial score (nSPS) is 12.0. The highest BCUT2D eigenvalue weighted by Gasteiger charge is 2.21. The summed E-state index contributed by atoms with van der Waals surface area (Å²) in [6.07, 6.45) is 0. The van der Waals surface area contributed by atoms with Crippen molar-refractivity contribution in [3.8, 4) is 11.5 Å². The summed E-state index contributed by atoms with van der Waals surface area (Å²) in [4.78, 5) is 13.3. The summed E-state index contributed by atoms with van der Waals surface area (Å²) in [7, 11) is 3.19. The van der Waals surface area contributed by atoms with Crippen molar-refractivity contribution >= 4 is 38.9 Å². The van der Waals surface area contributed by atoms with Gasteiger partial charge in [-0.2, -0.15) is 0 Å². The Balaban J connectivity index is 1.86. The van der Waals surface area contributed by atoms with Gasteiger partial charge in [-0.05, 0) is 42.8 Å². The van der Waals surface area contributed by atoms with Gasteiger partial charge in [-0.15, -0.1) is 11.3 Å². The first-order valence-corrected chi connectivity index (χ1v) is 8.93. The van der Waals surface area contributed by atoms with Crippen LogP contribution in [-0.2, 0) is 0 Å². The number of thiophene rings is 1. The third-order valence-corrected chi connectivity index (χ3v) is 5.36. The van der Waals surface area contributed by atoms with Crippen LogP contribution in [0.1, 0.15) is 28.2 Å². The van der Waals surface area contributed by atoms with E-state index in [4.69, 9.17) is 21.1 Å². The molecule has 130 valence electrons. The van der Waals surface area contributed by atoms with Crippen LogP contribution in [0.3, 0.4) is 0 Å². The second-order valence-corrected chi connectivity index (χ2v) is 7.06. The standard InChI is InChI=1S/C19H18ClNO3S/c1-11(12-4-7-14(23-2)8-5-12)21-19(22)18-17(24-3)15-10-13(20)6-9-16(15)25-18/h4-11H,1-3H3,(H,21,22)/t11-/m1/s1. The lowest BCUT2D eigenvalue weighted by atomic mass is 10.1. The van der Waals surface area contributed by atoms with Gasteiger partial charge in [0.2, 0.25) is 0 Å². The van der Waals surface area contributed by atoms with Gasteiger partial charge in [-0.25, -0.2) is 0 Å². The molecule has 0 saturated heterocycles. The van der Waals surface area contributed by atoms with Crippen molar-refractivity contribution < 1.29 is 14.3 Å². The van der Waals surface area contributed by atoms with Crippen LogP contribution in [0.2, 0.25) is 5.02 Å². The molecule has 0 aliphatic carbocycles. The number of carbonyl (C=O) groups excluding carboxylic acids is 1. The predicted octanol–water partition coefficient (Wildman–Crippen LogP) is 5.06. The molecule has 2 aromatic carbocycles. The predicted molar refractivity (Wildman–Crippen MR) is 102 cm³/mol. The van der Waals surface area contributed by atoms with Gasteiger partial charge in [0.25, 0.3) is 5.91 Å². The molecule has 0 bridgehead atoms. The average Bonchev–Trinajstić information content (AvgIpc) is 2.99. The molecule has 6 heteroatoms. The number of fused-ring (bicyclic) bond motifs is 1. The Hall–Kier alpha value is -2.24. The van der Waals surface area contributed by atoms with Gasteiger partial charge in [-0.3, -0.25) is 4.79 Å². The number of hydrogen-bond donors (Lipinski definition) is 1. The molecule has 0 aliphatic rings. The number of rotatable bonds is 5. The first-order chi connectivity index (χ1) is 12.0. The summed E-state index contributed by atoms with van der Waals surface area (Å²) in [6, 6.07) is 13.0. The maximum Gasteiger partial charge on any atom is 0.265 e. The van der Waals surface area contributed by atoms with Crippen molar-refractivity contribution in [2.75, 3.05) is 14.2 Å². The van der Waals surface area contributed by atoms with E-state index >= 15 is 0 Å². The molecule has 3 rings (SSSR count). The summed E-state index contributed by atoms with van der Waals surface area (Å²) in [5.74, 6) is 1.17. The molecule has 25 heavy (non-hydrogen) atoms. The first-order valence-electron chi connectivity index (χ1n) is 7.74. The zero-order valence-electron chi connectivity index (χ0n) is 14.1. The third-order valence-electron chi connectivity index (χ3n) is 3.98. The quantitative estimate of drug-likeness (QED) is 0.677. The van der Waals surface area contributed by atoms with Gasteiger partial charge in [-0.1, -0.05) is 23.7 Å². The van der Waals surface area contributed by atoms with E-state index in [9.17, 15) is 4.79 Å². The van der Waals surface area contributed by atoms with E-state index in [1.807, 2.05) is 49.4 Å². The molecule has 0 aliphatic heterocycles. The van der Waals surface area contributed by atoms with Crippen LogP contribution in [0.4, 0.5) is 0 Å². The summed E-state index contributed by atoms with van der Waals surface area (Å²) in [5.41, 5.74) is 0.997. The topological polar surface area (TPSA) is 47.6 Å². The molecule has 1 aromatic heterocycles. The van der Waals surface area contributed by atoms with E-state index in [2.05, 4.69) is 5.32 Å². The van der Waals surface area contributed by atoms with Crippen molar-refractivity contribution in [3.63, 3.8) is 0 Å². The number of halogens is 1. The summed E-state index contributed by atoms with van der Waals surface area (Å²) in [6.45, 7) is 1.94. The number of hydrogen-bond acceptors (Lipinski definition) is 4. The fourth-order valence-electron chi connectivity index (χ4n) is 2.64. The second kappa shape index (κ2) is 7.33. The van der Waals surface area contributed by atoms with E-state index in [0.717, 1.165) is 21.4 Å². The smallest absolute Gasteiger partial charge is 0.265 e. The maximum atomic E-state index is 12.7. The van der Waals surface area contributed by atoms with Crippen LogP contribution in [0, 0.1) is 0 Å². The number of nitrogens with one attached hydrogen (secondary N) is 1. The molecule has 0 radical (unpaired) electrons. The summed E-state index contributed by atoms with van der Waals surface area (Å²) >= 11 is 7.46. The molecule has 1 N–H and O–H groups in total. The Morgan fingerprint density at radius 3 is 2.48 bits per heavy atom. The fraction of sp³-hybridized carbons (Fsp3) is 0.211. The Morgan fingerprint density at radius 2 is 1.84 bits per heavy atom. The highest BCUT2D eigenvalue weighted by atomic mass is 35.5. The lowest BCUT2D eigenvalue weighted by Crippen LogP contribution is -2.26. The van der Waals surface area contributed by atoms with Crippen molar-refractivity contribution in [1.29, 1.82) is 0 Å².